The van der Waals surface area contributed by atoms with E-state index < -0.39 is 5.60 Å². The Morgan fingerprint density at radius 2 is 1.89 bits per heavy atom. The standard InChI is InChI=1S/C7H15O2/c1-6(2)9-5-7(3,4)8/h6H,5H2,1-4H3. The van der Waals surface area contributed by atoms with Gasteiger partial charge in [0.15, 0.2) is 0 Å². The summed E-state index contributed by atoms with van der Waals surface area (Å²) in [5, 5.41) is 10.9. The molecule has 2 nitrogen and oxygen atoms in total. The van der Waals surface area contributed by atoms with Crippen LogP contribution in [0.15, 0.2) is 0 Å². The van der Waals surface area contributed by atoms with Gasteiger partial charge >= 0.3 is 0 Å². The minimum Gasteiger partial charge on any atom is -0.376 e. The van der Waals surface area contributed by atoms with E-state index in [4.69, 9.17) is 4.74 Å². The fourth-order valence-electron chi connectivity index (χ4n) is 0.367. The van der Waals surface area contributed by atoms with Gasteiger partial charge in [0.25, 0.3) is 0 Å². The maximum atomic E-state index is 10.9. The van der Waals surface area contributed by atoms with Crippen LogP contribution in [0.3, 0.4) is 0 Å². The SMILES string of the molecule is CC(C)OCC(C)(C)[O]. The van der Waals surface area contributed by atoms with Gasteiger partial charge in [-0.25, -0.2) is 5.11 Å². The van der Waals surface area contributed by atoms with E-state index >= 15 is 0 Å². The molecule has 0 aliphatic rings. The van der Waals surface area contributed by atoms with Crippen LogP contribution in [0.2, 0.25) is 0 Å². The van der Waals surface area contributed by atoms with E-state index in [0.717, 1.165) is 0 Å². The van der Waals surface area contributed by atoms with Crippen LogP contribution < -0.4 is 0 Å². The molecule has 55 valence electrons. The van der Waals surface area contributed by atoms with E-state index in [2.05, 4.69) is 0 Å². The van der Waals surface area contributed by atoms with Gasteiger partial charge in [-0.2, -0.15) is 0 Å². The number of hydrogen-bond donors (Lipinski definition) is 0. The minimum atomic E-state index is -0.940. The molecule has 0 N–H and O–H groups in total. The van der Waals surface area contributed by atoms with Gasteiger partial charge in [-0.05, 0) is 27.7 Å². The van der Waals surface area contributed by atoms with Crippen molar-refractivity contribution < 1.29 is 9.84 Å². The summed E-state index contributed by atoms with van der Waals surface area (Å²) >= 11 is 0. The molecule has 2 heteroatoms. The molecule has 0 aliphatic carbocycles. The van der Waals surface area contributed by atoms with Crippen LogP contribution in [0.5, 0.6) is 0 Å². The van der Waals surface area contributed by atoms with Crippen LogP contribution in [0.4, 0.5) is 0 Å². The molecule has 0 aromatic carbocycles. The van der Waals surface area contributed by atoms with Crippen LogP contribution in [0.25, 0.3) is 0 Å². The molecule has 0 aromatic rings. The third-order valence-corrected chi connectivity index (χ3v) is 0.764. The summed E-state index contributed by atoms with van der Waals surface area (Å²) in [7, 11) is 0. The lowest BCUT2D eigenvalue weighted by molar-refractivity contribution is -0.0809. The van der Waals surface area contributed by atoms with Gasteiger partial charge < -0.3 is 4.74 Å². The minimum absolute atomic E-state index is 0.165. The van der Waals surface area contributed by atoms with Crippen molar-refractivity contribution in [3.05, 3.63) is 0 Å². The Balaban J connectivity index is 3.28. The quantitative estimate of drug-likeness (QED) is 0.572. The summed E-state index contributed by atoms with van der Waals surface area (Å²) in [6.07, 6.45) is 0.165. The van der Waals surface area contributed by atoms with Gasteiger partial charge in [0.05, 0.1) is 12.7 Å². The Morgan fingerprint density at radius 3 is 2.00 bits per heavy atom. The molecule has 1 radical (unpaired) electrons. The first kappa shape index (κ1) is 8.92. The first-order chi connectivity index (χ1) is 3.92. The molecule has 0 aromatic heterocycles. The second-order valence-electron chi connectivity index (χ2n) is 3.12. The Labute approximate surface area is 56.8 Å². The third-order valence-electron chi connectivity index (χ3n) is 0.764. The maximum Gasteiger partial charge on any atom is 0.121 e. The predicted octanol–water partition coefficient (Wildman–Crippen LogP) is 1.62. The molecule has 0 fully saturated rings. The molecule has 0 heterocycles. The topological polar surface area (TPSA) is 29.1 Å². The molecule has 0 aliphatic heterocycles. The average molecular weight is 131 g/mol. The average Bonchev–Trinajstić information content (AvgIpc) is 1.59. The first-order valence-electron chi connectivity index (χ1n) is 3.24. The van der Waals surface area contributed by atoms with Crippen molar-refractivity contribution in [1.29, 1.82) is 0 Å². The summed E-state index contributed by atoms with van der Waals surface area (Å²) in [5.74, 6) is 0. The third kappa shape index (κ3) is 7.92. The Bertz CT molecular complexity index is 71.5. The molecule has 0 unspecified atom stereocenters. The zero-order valence-corrected chi connectivity index (χ0v) is 6.60. The predicted molar refractivity (Wildman–Crippen MR) is 35.9 cm³/mol. The summed E-state index contributed by atoms with van der Waals surface area (Å²) in [6, 6.07) is 0. The molecular weight excluding hydrogens is 116 g/mol. The van der Waals surface area contributed by atoms with E-state index in [1.807, 2.05) is 13.8 Å². The van der Waals surface area contributed by atoms with Gasteiger partial charge in [-0.1, -0.05) is 0 Å². The van der Waals surface area contributed by atoms with Crippen LogP contribution in [0.1, 0.15) is 27.7 Å². The lowest BCUT2D eigenvalue weighted by Gasteiger charge is -2.15. The van der Waals surface area contributed by atoms with Crippen LogP contribution in [-0.2, 0) is 9.84 Å². The van der Waals surface area contributed by atoms with Crippen molar-refractivity contribution in [2.45, 2.75) is 39.4 Å². The molecular formula is C7H15O2. The maximum absolute atomic E-state index is 10.9. The lowest BCUT2D eigenvalue weighted by Crippen LogP contribution is -2.26. The molecule has 0 saturated carbocycles. The highest BCUT2D eigenvalue weighted by molar-refractivity contribution is 4.62. The molecule has 9 heavy (non-hydrogen) atoms. The van der Waals surface area contributed by atoms with E-state index in [1.54, 1.807) is 13.8 Å². The Hall–Kier alpha value is -0.0800. The van der Waals surface area contributed by atoms with E-state index in [0.29, 0.717) is 6.61 Å². The van der Waals surface area contributed by atoms with Gasteiger partial charge in [0.1, 0.15) is 5.60 Å². The number of ether oxygens (including phenoxy) is 1. The normalized spacial score (nSPS) is 12.7. The van der Waals surface area contributed by atoms with Gasteiger partial charge in [0.2, 0.25) is 0 Å². The van der Waals surface area contributed by atoms with E-state index in [1.165, 1.54) is 0 Å². The van der Waals surface area contributed by atoms with E-state index in [-0.39, 0.29) is 6.10 Å². The van der Waals surface area contributed by atoms with Crippen LogP contribution in [0, 0.1) is 0 Å². The molecule has 0 amide bonds. The fourth-order valence-corrected chi connectivity index (χ4v) is 0.367. The largest absolute Gasteiger partial charge is 0.376 e. The van der Waals surface area contributed by atoms with Crippen molar-refractivity contribution in [1.82, 2.24) is 0 Å². The highest BCUT2D eigenvalue weighted by atomic mass is 16.5. The fraction of sp³-hybridized carbons (Fsp3) is 1.00. The Kier molecular flexibility index (Phi) is 3.15. The van der Waals surface area contributed by atoms with Gasteiger partial charge in [0, 0.05) is 0 Å². The van der Waals surface area contributed by atoms with Crippen molar-refractivity contribution in [2.75, 3.05) is 6.61 Å². The highest BCUT2D eigenvalue weighted by Crippen LogP contribution is 2.03. The van der Waals surface area contributed by atoms with Gasteiger partial charge in [-0.3, -0.25) is 0 Å². The molecule has 0 saturated heterocycles. The molecule has 0 bridgehead atoms. The number of hydrogen-bond acceptors (Lipinski definition) is 1. The summed E-state index contributed by atoms with van der Waals surface area (Å²) in [4.78, 5) is 0. The summed E-state index contributed by atoms with van der Waals surface area (Å²) < 4.78 is 5.09. The summed E-state index contributed by atoms with van der Waals surface area (Å²) in [6.45, 7) is 7.38. The smallest absolute Gasteiger partial charge is 0.121 e. The molecule has 0 rings (SSSR count). The number of rotatable bonds is 3. The first-order valence-corrected chi connectivity index (χ1v) is 3.24. The second-order valence-corrected chi connectivity index (χ2v) is 3.12. The van der Waals surface area contributed by atoms with Gasteiger partial charge in [-0.15, -0.1) is 0 Å². The zero-order valence-electron chi connectivity index (χ0n) is 6.60. The lowest BCUT2D eigenvalue weighted by atomic mass is 10.2. The van der Waals surface area contributed by atoms with Crippen molar-refractivity contribution in [3.63, 3.8) is 0 Å². The highest BCUT2D eigenvalue weighted by Gasteiger charge is 2.15. The van der Waals surface area contributed by atoms with Crippen LogP contribution >= 0.6 is 0 Å². The summed E-state index contributed by atoms with van der Waals surface area (Å²) in [5.41, 5.74) is -0.940. The zero-order chi connectivity index (χ0) is 7.49. The molecule has 0 spiro atoms. The second kappa shape index (κ2) is 3.18. The van der Waals surface area contributed by atoms with Crippen molar-refractivity contribution >= 4 is 0 Å². The molecule has 0 atom stereocenters. The Morgan fingerprint density at radius 1 is 1.44 bits per heavy atom. The van der Waals surface area contributed by atoms with Crippen molar-refractivity contribution in [2.24, 2.45) is 0 Å². The monoisotopic (exact) mass is 131 g/mol. The van der Waals surface area contributed by atoms with Crippen molar-refractivity contribution in [3.8, 4) is 0 Å². The van der Waals surface area contributed by atoms with E-state index in [9.17, 15) is 5.11 Å². The van der Waals surface area contributed by atoms with Crippen LogP contribution in [-0.4, -0.2) is 18.3 Å².